The molecule has 0 atom stereocenters. The van der Waals surface area contributed by atoms with E-state index in [2.05, 4.69) is 10.6 Å². The van der Waals surface area contributed by atoms with Crippen molar-refractivity contribution in [2.75, 3.05) is 27.2 Å². The molecule has 2 aromatic carbocycles. The molecule has 0 unspecified atom stereocenters. The van der Waals surface area contributed by atoms with Crippen molar-refractivity contribution < 1.29 is 18.9 Å². The topological polar surface area (TPSA) is 75.8 Å². The Labute approximate surface area is 196 Å². The molecule has 32 heavy (non-hydrogen) atoms. The lowest BCUT2D eigenvalue weighted by Crippen LogP contribution is -3.06. The third-order valence-corrected chi connectivity index (χ3v) is 5.10. The zero-order valence-electron chi connectivity index (χ0n) is 17.7. The molecule has 3 aromatic rings. The molecule has 2 amide bonds. The monoisotopic (exact) mass is 472 g/mol. The highest BCUT2D eigenvalue weighted by molar-refractivity contribution is 6.36. The number of carbonyl (C=O) groups is 2. The number of hydrogen-bond donors (Lipinski definition) is 3. The van der Waals surface area contributed by atoms with E-state index in [-0.39, 0.29) is 5.70 Å². The van der Waals surface area contributed by atoms with Crippen LogP contribution in [0.5, 0.6) is 0 Å². The van der Waals surface area contributed by atoms with E-state index in [9.17, 15) is 9.59 Å². The predicted molar refractivity (Wildman–Crippen MR) is 127 cm³/mol. The van der Waals surface area contributed by atoms with Gasteiger partial charge in [0.05, 0.1) is 32.2 Å². The maximum absolute atomic E-state index is 12.8. The summed E-state index contributed by atoms with van der Waals surface area (Å²) in [5.74, 6) is 0.113. The second kappa shape index (κ2) is 11.0. The lowest BCUT2D eigenvalue weighted by molar-refractivity contribution is -0.856. The van der Waals surface area contributed by atoms with Gasteiger partial charge in [-0.2, -0.15) is 0 Å². The lowest BCUT2D eigenvalue weighted by Gasteiger charge is -2.12. The Hall–Kier alpha value is -3.06. The molecule has 0 aliphatic rings. The normalized spacial score (nSPS) is 11.5. The number of quaternary nitrogens is 1. The van der Waals surface area contributed by atoms with Gasteiger partial charge in [0, 0.05) is 22.2 Å². The van der Waals surface area contributed by atoms with Gasteiger partial charge in [-0.1, -0.05) is 41.4 Å². The first kappa shape index (κ1) is 23.6. The molecule has 0 saturated heterocycles. The van der Waals surface area contributed by atoms with Crippen molar-refractivity contribution in [3.63, 3.8) is 0 Å². The zero-order valence-corrected chi connectivity index (χ0v) is 19.3. The minimum absolute atomic E-state index is 0.0794. The summed E-state index contributed by atoms with van der Waals surface area (Å²) in [5, 5.41) is 6.48. The van der Waals surface area contributed by atoms with Gasteiger partial charge in [0.1, 0.15) is 17.2 Å². The number of hydrogen-bond acceptors (Lipinski definition) is 3. The fourth-order valence-corrected chi connectivity index (χ4v) is 3.37. The Balaban J connectivity index is 1.85. The maximum atomic E-state index is 12.8. The van der Waals surface area contributed by atoms with E-state index in [0.29, 0.717) is 39.2 Å². The largest absolute Gasteiger partial charge is 0.457 e. The number of halogens is 2. The molecule has 6 nitrogen and oxygen atoms in total. The molecule has 0 spiro atoms. The third-order valence-electron chi connectivity index (χ3n) is 4.55. The molecule has 3 N–H and O–H groups in total. The number of nitrogens with one attached hydrogen (secondary N) is 3. The van der Waals surface area contributed by atoms with Gasteiger partial charge in [-0.15, -0.1) is 0 Å². The highest BCUT2D eigenvalue weighted by Gasteiger charge is 2.16. The summed E-state index contributed by atoms with van der Waals surface area (Å²) in [7, 11) is 3.98. The molecule has 166 valence electrons. The Morgan fingerprint density at radius 3 is 2.47 bits per heavy atom. The van der Waals surface area contributed by atoms with Crippen LogP contribution in [0.1, 0.15) is 16.1 Å². The highest BCUT2D eigenvalue weighted by Crippen LogP contribution is 2.31. The van der Waals surface area contributed by atoms with Crippen molar-refractivity contribution in [1.29, 1.82) is 0 Å². The standard InChI is InChI=1S/C24H23Cl2N3O3/c1-29(2)13-12-27-24(31)21(28-23(30)16-6-4-3-5-7-16)15-18-9-11-22(32-18)19-10-8-17(25)14-20(19)26/h3-11,14-15H,12-13H2,1-2H3,(H,27,31)(H,28,30)/p+1/b21-15-. The second-order valence-corrected chi connectivity index (χ2v) is 8.26. The number of amides is 2. The van der Waals surface area contributed by atoms with Crippen LogP contribution in [0.4, 0.5) is 0 Å². The quantitative estimate of drug-likeness (QED) is 0.440. The maximum Gasteiger partial charge on any atom is 0.268 e. The molecule has 0 bridgehead atoms. The fraction of sp³-hybridized carbons (Fsp3) is 0.167. The van der Waals surface area contributed by atoms with Crippen LogP contribution in [-0.4, -0.2) is 39.0 Å². The summed E-state index contributed by atoms with van der Waals surface area (Å²) in [6.45, 7) is 1.20. The van der Waals surface area contributed by atoms with Crippen LogP contribution in [0.25, 0.3) is 17.4 Å². The lowest BCUT2D eigenvalue weighted by atomic mass is 10.2. The number of likely N-dealkylation sites (N-methyl/N-ethyl adjacent to an activating group) is 1. The molecule has 1 heterocycles. The van der Waals surface area contributed by atoms with Crippen molar-refractivity contribution in [3.8, 4) is 11.3 Å². The van der Waals surface area contributed by atoms with Gasteiger partial charge in [-0.05, 0) is 42.5 Å². The minimum Gasteiger partial charge on any atom is -0.457 e. The minimum atomic E-state index is -0.405. The third kappa shape index (κ3) is 6.47. The fourth-order valence-electron chi connectivity index (χ4n) is 2.87. The molecule has 0 saturated carbocycles. The summed E-state index contributed by atoms with van der Waals surface area (Å²) in [6, 6.07) is 17.2. The smallest absolute Gasteiger partial charge is 0.268 e. The predicted octanol–water partition coefficient (Wildman–Crippen LogP) is 3.29. The number of carbonyl (C=O) groups excluding carboxylic acids is 2. The molecule has 8 heteroatoms. The van der Waals surface area contributed by atoms with Crippen molar-refractivity contribution in [3.05, 3.63) is 87.7 Å². The van der Waals surface area contributed by atoms with Crippen molar-refractivity contribution in [1.82, 2.24) is 10.6 Å². The van der Waals surface area contributed by atoms with E-state index < -0.39 is 11.8 Å². The van der Waals surface area contributed by atoms with Crippen LogP contribution in [0.3, 0.4) is 0 Å². The van der Waals surface area contributed by atoms with Gasteiger partial charge >= 0.3 is 0 Å². The Morgan fingerprint density at radius 1 is 1.03 bits per heavy atom. The van der Waals surface area contributed by atoms with Gasteiger partial charge in [0.15, 0.2) is 0 Å². The molecule has 0 fully saturated rings. The van der Waals surface area contributed by atoms with E-state index in [1.165, 1.54) is 11.0 Å². The molecular weight excluding hydrogens is 449 g/mol. The van der Waals surface area contributed by atoms with Gasteiger partial charge in [-0.25, -0.2) is 0 Å². The summed E-state index contributed by atoms with van der Waals surface area (Å²) in [5.41, 5.74) is 1.19. The van der Waals surface area contributed by atoms with Crippen LogP contribution in [0, 0.1) is 0 Å². The summed E-state index contributed by atoms with van der Waals surface area (Å²) in [4.78, 5) is 26.6. The molecule has 1 aromatic heterocycles. The van der Waals surface area contributed by atoms with Gasteiger partial charge in [-0.3, -0.25) is 9.59 Å². The van der Waals surface area contributed by atoms with E-state index in [1.54, 1.807) is 54.6 Å². The molecular formula is C24H24Cl2N3O3+. The number of benzene rings is 2. The zero-order chi connectivity index (χ0) is 23.1. The van der Waals surface area contributed by atoms with Crippen LogP contribution in [0.15, 0.2) is 70.8 Å². The van der Waals surface area contributed by atoms with E-state index in [4.69, 9.17) is 27.6 Å². The Morgan fingerprint density at radius 2 is 1.78 bits per heavy atom. The van der Waals surface area contributed by atoms with Gasteiger partial charge in [0.25, 0.3) is 11.8 Å². The van der Waals surface area contributed by atoms with Gasteiger partial charge < -0.3 is 20.0 Å². The van der Waals surface area contributed by atoms with Crippen molar-refractivity contribution in [2.45, 2.75) is 0 Å². The first-order valence-electron chi connectivity index (χ1n) is 10.0. The van der Waals surface area contributed by atoms with Crippen LogP contribution in [0.2, 0.25) is 10.0 Å². The summed E-state index contributed by atoms with van der Waals surface area (Å²) in [6.07, 6.45) is 1.49. The van der Waals surface area contributed by atoms with E-state index in [0.717, 1.165) is 6.54 Å². The molecule has 0 aliphatic carbocycles. The summed E-state index contributed by atoms with van der Waals surface area (Å²) < 4.78 is 5.86. The Kier molecular flexibility index (Phi) is 8.11. The number of rotatable bonds is 8. The van der Waals surface area contributed by atoms with Gasteiger partial charge in [0.2, 0.25) is 0 Å². The van der Waals surface area contributed by atoms with Crippen molar-refractivity contribution in [2.24, 2.45) is 0 Å². The number of furan rings is 1. The molecule has 3 rings (SSSR count). The second-order valence-electron chi connectivity index (χ2n) is 7.42. The van der Waals surface area contributed by atoms with Crippen LogP contribution in [-0.2, 0) is 4.79 Å². The van der Waals surface area contributed by atoms with Crippen LogP contribution >= 0.6 is 23.2 Å². The van der Waals surface area contributed by atoms with Crippen molar-refractivity contribution >= 4 is 41.1 Å². The highest BCUT2D eigenvalue weighted by atomic mass is 35.5. The molecule has 0 radical (unpaired) electrons. The SMILES string of the molecule is C[NH+](C)CCNC(=O)/C(=C/c1ccc(-c2ccc(Cl)cc2Cl)o1)NC(=O)c1ccccc1. The summed E-state index contributed by atoms with van der Waals surface area (Å²) >= 11 is 12.2. The first-order valence-corrected chi connectivity index (χ1v) is 10.8. The van der Waals surface area contributed by atoms with E-state index >= 15 is 0 Å². The average Bonchev–Trinajstić information content (AvgIpc) is 3.21. The molecule has 0 aliphatic heterocycles. The average molecular weight is 473 g/mol. The van der Waals surface area contributed by atoms with E-state index in [1.807, 2.05) is 20.2 Å². The first-order chi connectivity index (χ1) is 15.3. The Bertz CT molecular complexity index is 1120. The van der Waals surface area contributed by atoms with Crippen LogP contribution < -0.4 is 15.5 Å².